The minimum Gasteiger partial charge on any atom is -0.482 e. The summed E-state index contributed by atoms with van der Waals surface area (Å²) in [6.45, 7) is 1.65. The summed E-state index contributed by atoms with van der Waals surface area (Å²) in [5.41, 5.74) is 2.07. The van der Waals surface area contributed by atoms with E-state index in [2.05, 4.69) is 10.6 Å². The number of ether oxygens (including phenoxy) is 1. The Hall–Kier alpha value is -4.14. The third-order valence-corrected chi connectivity index (χ3v) is 5.66. The van der Waals surface area contributed by atoms with E-state index in [1.54, 1.807) is 12.1 Å². The van der Waals surface area contributed by atoms with Gasteiger partial charge in [-0.05, 0) is 72.7 Å². The first-order valence-corrected chi connectivity index (χ1v) is 11.4. The molecule has 0 bridgehead atoms. The van der Waals surface area contributed by atoms with Crippen molar-refractivity contribution < 1.29 is 23.9 Å². The largest absolute Gasteiger partial charge is 0.482 e. The van der Waals surface area contributed by atoms with Crippen LogP contribution in [0.15, 0.2) is 72.3 Å². The number of aryl methyl sites for hydroxylation is 1. The molecule has 0 unspecified atom stereocenters. The van der Waals surface area contributed by atoms with Crippen molar-refractivity contribution >= 4 is 64.4 Å². The first kappa shape index (κ1) is 25.0. The lowest BCUT2D eigenvalue weighted by Crippen LogP contribution is -2.54. The van der Waals surface area contributed by atoms with Gasteiger partial charge in [0.15, 0.2) is 6.61 Å². The summed E-state index contributed by atoms with van der Waals surface area (Å²) in [4.78, 5) is 50.7. The van der Waals surface area contributed by atoms with Crippen LogP contribution in [0.5, 0.6) is 5.75 Å². The van der Waals surface area contributed by atoms with Crippen LogP contribution in [0.1, 0.15) is 11.1 Å². The maximum absolute atomic E-state index is 13.0. The van der Waals surface area contributed by atoms with Crippen LogP contribution in [0.2, 0.25) is 10.0 Å². The number of amides is 5. The van der Waals surface area contributed by atoms with E-state index in [9.17, 15) is 19.2 Å². The van der Waals surface area contributed by atoms with Gasteiger partial charge in [0.2, 0.25) is 0 Å². The molecule has 1 fully saturated rings. The summed E-state index contributed by atoms with van der Waals surface area (Å²) in [5, 5.41) is 5.48. The normalized spacial score (nSPS) is 14.6. The molecule has 1 aliphatic heterocycles. The Morgan fingerprint density at radius 3 is 2.47 bits per heavy atom. The first-order chi connectivity index (χ1) is 17.2. The molecule has 10 heteroatoms. The van der Waals surface area contributed by atoms with E-state index < -0.39 is 17.8 Å². The van der Waals surface area contributed by atoms with Gasteiger partial charge >= 0.3 is 6.03 Å². The van der Waals surface area contributed by atoms with E-state index in [0.29, 0.717) is 16.3 Å². The number of nitrogens with one attached hydrogen (secondary N) is 2. The zero-order valence-electron chi connectivity index (χ0n) is 18.9. The number of carbonyl (C=O) groups is 4. The second kappa shape index (κ2) is 10.6. The average Bonchev–Trinajstić information content (AvgIpc) is 2.82. The van der Waals surface area contributed by atoms with Crippen molar-refractivity contribution in [3.05, 3.63) is 93.5 Å². The smallest absolute Gasteiger partial charge is 0.335 e. The molecule has 5 amide bonds. The molecule has 3 aromatic rings. The quantitative estimate of drug-likeness (QED) is 0.350. The Morgan fingerprint density at radius 1 is 1.03 bits per heavy atom. The van der Waals surface area contributed by atoms with E-state index in [1.807, 2.05) is 25.1 Å². The van der Waals surface area contributed by atoms with Crippen LogP contribution in [0.4, 0.5) is 16.2 Å². The third-order valence-electron chi connectivity index (χ3n) is 5.11. The van der Waals surface area contributed by atoms with Crippen molar-refractivity contribution in [1.29, 1.82) is 0 Å². The molecular weight excluding hydrogens is 505 g/mol. The van der Waals surface area contributed by atoms with E-state index in [1.165, 1.54) is 42.5 Å². The summed E-state index contributed by atoms with van der Waals surface area (Å²) in [7, 11) is 0. The van der Waals surface area contributed by atoms with Gasteiger partial charge in [-0.15, -0.1) is 0 Å². The zero-order chi connectivity index (χ0) is 25.8. The predicted molar refractivity (Wildman–Crippen MR) is 137 cm³/mol. The monoisotopic (exact) mass is 523 g/mol. The second-order valence-electron chi connectivity index (χ2n) is 7.83. The van der Waals surface area contributed by atoms with Crippen molar-refractivity contribution in [1.82, 2.24) is 5.32 Å². The first-order valence-electron chi connectivity index (χ1n) is 10.7. The number of carbonyl (C=O) groups excluding carboxylic acids is 4. The van der Waals surface area contributed by atoms with Crippen molar-refractivity contribution in [2.24, 2.45) is 0 Å². The van der Waals surface area contributed by atoms with Gasteiger partial charge in [0.1, 0.15) is 11.3 Å². The molecule has 0 radical (unpaired) electrons. The predicted octanol–water partition coefficient (Wildman–Crippen LogP) is 4.99. The second-order valence-corrected chi connectivity index (χ2v) is 8.67. The van der Waals surface area contributed by atoms with Gasteiger partial charge in [-0.2, -0.15) is 0 Å². The van der Waals surface area contributed by atoms with E-state index in [0.717, 1.165) is 10.5 Å². The summed E-state index contributed by atoms with van der Waals surface area (Å²) in [6, 6.07) is 17.1. The minimum absolute atomic E-state index is 0.169. The number of urea groups is 1. The van der Waals surface area contributed by atoms with Crippen molar-refractivity contribution in [2.75, 3.05) is 16.8 Å². The molecule has 36 heavy (non-hydrogen) atoms. The number of anilines is 2. The molecule has 0 spiro atoms. The number of nitrogens with zero attached hydrogens (tertiary/aromatic N) is 1. The van der Waals surface area contributed by atoms with Crippen LogP contribution in [-0.4, -0.2) is 30.4 Å². The van der Waals surface area contributed by atoms with E-state index in [4.69, 9.17) is 27.9 Å². The molecule has 1 saturated heterocycles. The number of halogens is 2. The van der Waals surface area contributed by atoms with Gasteiger partial charge in [-0.1, -0.05) is 41.4 Å². The summed E-state index contributed by atoms with van der Waals surface area (Å²) in [5.74, 6) is -1.75. The Labute approximate surface area is 216 Å². The fourth-order valence-corrected chi connectivity index (χ4v) is 3.81. The molecule has 0 saturated carbocycles. The van der Waals surface area contributed by atoms with Gasteiger partial charge in [-0.25, -0.2) is 9.69 Å². The summed E-state index contributed by atoms with van der Waals surface area (Å²) in [6.07, 6.45) is 1.31. The van der Waals surface area contributed by atoms with E-state index in [-0.39, 0.29) is 34.5 Å². The highest BCUT2D eigenvalue weighted by Gasteiger charge is 2.36. The van der Waals surface area contributed by atoms with Gasteiger partial charge in [0, 0.05) is 10.7 Å². The molecule has 1 heterocycles. The van der Waals surface area contributed by atoms with Gasteiger partial charge in [0.25, 0.3) is 17.7 Å². The number of rotatable bonds is 6. The minimum atomic E-state index is -0.866. The molecule has 2 N–H and O–H groups in total. The molecule has 3 aromatic carbocycles. The Morgan fingerprint density at radius 2 is 1.78 bits per heavy atom. The third kappa shape index (κ3) is 5.73. The molecule has 8 nitrogen and oxygen atoms in total. The number of imide groups is 2. The number of hydrogen-bond acceptors (Lipinski definition) is 5. The molecule has 0 aromatic heterocycles. The average molecular weight is 524 g/mol. The number of barbiturate groups is 1. The fourth-order valence-electron chi connectivity index (χ4n) is 3.44. The van der Waals surface area contributed by atoms with Crippen LogP contribution in [0, 0.1) is 6.92 Å². The Kier molecular flexibility index (Phi) is 7.38. The maximum Gasteiger partial charge on any atom is 0.335 e. The highest BCUT2D eigenvalue weighted by atomic mass is 35.5. The Bertz CT molecular complexity index is 1400. The van der Waals surface area contributed by atoms with Gasteiger partial charge in [0.05, 0.1) is 10.7 Å². The maximum atomic E-state index is 13.0. The lowest BCUT2D eigenvalue weighted by Gasteiger charge is -2.26. The topological polar surface area (TPSA) is 105 Å². The van der Waals surface area contributed by atoms with Crippen LogP contribution in [0.3, 0.4) is 0 Å². The van der Waals surface area contributed by atoms with Gasteiger partial charge < -0.3 is 10.1 Å². The fraction of sp³-hybridized carbons (Fsp3) is 0.0769. The molecule has 4 rings (SSSR count). The summed E-state index contributed by atoms with van der Waals surface area (Å²) < 4.78 is 5.51. The van der Waals surface area contributed by atoms with E-state index >= 15 is 0 Å². The lowest BCUT2D eigenvalue weighted by molar-refractivity contribution is -0.122. The molecule has 0 atom stereocenters. The number of benzene rings is 3. The highest BCUT2D eigenvalue weighted by molar-refractivity contribution is 6.39. The zero-order valence-corrected chi connectivity index (χ0v) is 20.4. The molecule has 1 aliphatic rings. The van der Waals surface area contributed by atoms with Crippen LogP contribution in [-0.2, 0) is 14.4 Å². The molecule has 0 aliphatic carbocycles. The van der Waals surface area contributed by atoms with Gasteiger partial charge in [-0.3, -0.25) is 19.7 Å². The highest BCUT2D eigenvalue weighted by Crippen LogP contribution is 2.28. The van der Waals surface area contributed by atoms with Crippen LogP contribution >= 0.6 is 23.2 Å². The Balaban J connectivity index is 1.47. The van der Waals surface area contributed by atoms with Crippen molar-refractivity contribution in [2.45, 2.75) is 6.92 Å². The summed E-state index contributed by atoms with van der Waals surface area (Å²) >= 11 is 12.2. The molecule has 182 valence electrons. The van der Waals surface area contributed by atoms with Crippen molar-refractivity contribution in [3.8, 4) is 5.75 Å². The standard InChI is InChI=1S/C26H19Cl2N3O5/c1-15-3-2-4-18(11-15)29-23(32)14-36-22-10-5-16(13-21(22)28)12-20-24(33)30-26(35)31(25(20)34)19-8-6-17(27)7-9-19/h2-13H,14H2,1H3,(H,29,32)(H,30,33,35)/b20-12+. The SMILES string of the molecule is Cc1cccc(NC(=O)COc2ccc(/C=C3\C(=O)NC(=O)N(c4ccc(Cl)cc4)C3=O)cc2Cl)c1. The molecular formula is C26H19Cl2N3O5. The van der Waals surface area contributed by atoms with Crippen LogP contribution in [0.25, 0.3) is 6.08 Å². The van der Waals surface area contributed by atoms with Crippen LogP contribution < -0.4 is 20.3 Å². The lowest BCUT2D eigenvalue weighted by atomic mass is 10.1. The van der Waals surface area contributed by atoms with Crippen molar-refractivity contribution in [3.63, 3.8) is 0 Å². The number of hydrogen-bond donors (Lipinski definition) is 2.